The van der Waals surface area contributed by atoms with Crippen molar-refractivity contribution in [2.24, 2.45) is 0 Å². The van der Waals surface area contributed by atoms with E-state index in [-0.39, 0.29) is 60.2 Å². The zero-order valence-electron chi connectivity index (χ0n) is 18.7. The number of Topliss-reactive ketones (excluding diaryl/α,β-unsaturated/α-hetero) is 2. The van der Waals surface area contributed by atoms with E-state index in [1.807, 2.05) is 0 Å². The molecule has 3 aromatic rings. The van der Waals surface area contributed by atoms with Gasteiger partial charge in [0.05, 0.1) is 29.3 Å². The van der Waals surface area contributed by atoms with Crippen molar-refractivity contribution in [3.63, 3.8) is 0 Å². The van der Waals surface area contributed by atoms with E-state index in [9.17, 15) is 23.2 Å². The highest BCUT2D eigenvalue weighted by Gasteiger charge is 2.39. The Kier molecular flexibility index (Phi) is 6.74. The summed E-state index contributed by atoms with van der Waals surface area (Å²) in [6, 6.07) is 5.32. The Morgan fingerprint density at radius 3 is 2.76 bits per heavy atom. The first-order valence-corrected chi connectivity index (χ1v) is 11.3. The van der Waals surface area contributed by atoms with Gasteiger partial charge in [-0.05, 0) is 31.0 Å². The summed E-state index contributed by atoms with van der Waals surface area (Å²) < 4.78 is 29.8. The standard InChI is InChI=1S/C24H23ClF2N4O3/c1-13-8-17-20(10-28-13)31(29-24(17)14(2)32)12-22(34)30-11-16(26)9-19(30)21(33)7-6-15-4-3-5-18(25)23(15)27/h3-5,8,10,16,19H,6-7,9,11-12H2,1-2H3/t16-,19+/m1/s1. The predicted octanol–water partition coefficient (Wildman–Crippen LogP) is 3.88. The van der Waals surface area contributed by atoms with Crippen LogP contribution in [0.1, 0.15) is 41.5 Å². The molecule has 34 heavy (non-hydrogen) atoms. The monoisotopic (exact) mass is 488 g/mol. The number of aryl methyl sites for hydroxylation is 2. The van der Waals surface area contributed by atoms with E-state index in [4.69, 9.17) is 11.6 Å². The number of fused-ring (bicyclic) bond motifs is 1. The van der Waals surface area contributed by atoms with Gasteiger partial charge in [0, 0.05) is 30.8 Å². The van der Waals surface area contributed by atoms with Gasteiger partial charge in [-0.3, -0.25) is 24.0 Å². The smallest absolute Gasteiger partial charge is 0.245 e. The molecule has 0 bridgehead atoms. The molecule has 1 aliphatic heterocycles. The van der Waals surface area contributed by atoms with E-state index in [0.717, 1.165) is 0 Å². The summed E-state index contributed by atoms with van der Waals surface area (Å²) in [6.45, 7) is 2.68. The summed E-state index contributed by atoms with van der Waals surface area (Å²) in [7, 11) is 0. The average molecular weight is 489 g/mol. The van der Waals surface area contributed by atoms with Crippen LogP contribution in [0.2, 0.25) is 5.02 Å². The Labute approximate surface area is 199 Å². The number of hydrogen-bond acceptors (Lipinski definition) is 5. The number of hydrogen-bond donors (Lipinski definition) is 0. The van der Waals surface area contributed by atoms with Gasteiger partial charge in [-0.15, -0.1) is 0 Å². The third-order valence-corrected chi connectivity index (χ3v) is 6.30. The zero-order valence-corrected chi connectivity index (χ0v) is 19.5. The average Bonchev–Trinajstić information content (AvgIpc) is 3.35. The molecule has 1 amide bonds. The number of nitrogens with zero attached hydrogens (tertiary/aromatic N) is 4. The molecule has 2 atom stereocenters. The van der Waals surface area contributed by atoms with Crippen LogP contribution in [-0.2, 0) is 22.6 Å². The Bertz CT molecular complexity index is 1290. The third kappa shape index (κ3) is 4.70. The Balaban J connectivity index is 1.51. The summed E-state index contributed by atoms with van der Waals surface area (Å²) in [5, 5.41) is 4.81. The van der Waals surface area contributed by atoms with Crippen LogP contribution in [-0.4, -0.2) is 55.9 Å². The summed E-state index contributed by atoms with van der Waals surface area (Å²) in [6.07, 6.45) is 0.120. The Morgan fingerprint density at radius 2 is 2.03 bits per heavy atom. The van der Waals surface area contributed by atoms with Crippen LogP contribution in [0, 0.1) is 12.7 Å². The lowest BCUT2D eigenvalue weighted by molar-refractivity contribution is -0.138. The first kappa shape index (κ1) is 23.9. The van der Waals surface area contributed by atoms with Crippen LogP contribution >= 0.6 is 11.6 Å². The first-order valence-electron chi connectivity index (χ1n) is 10.9. The molecule has 7 nitrogen and oxygen atoms in total. The van der Waals surface area contributed by atoms with Gasteiger partial charge in [0.25, 0.3) is 0 Å². The van der Waals surface area contributed by atoms with E-state index < -0.39 is 23.9 Å². The highest BCUT2D eigenvalue weighted by molar-refractivity contribution is 6.30. The number of alkyl halides is 1. The number of aromatic nitrogens is 3. The van der Waals surface area contributed by atoms with Gasteiger partial charge in [-0.2, -0.15) is 5.10 Å². The molecule has 1 fully saturated rings. The second-order valence-corrected chi connectivity index (χ2v) is 8.89. The summed E-state index contributed by atoms with van der Waals surface area (Å²) in [5.41, 5.74) is 1.70. The molecular formula is C24H23ClF2N4O3. The normalized spacial score (nSPS) is 18.0. The van der Waals surface area contributed by atoms with Gasteiger partial charge >= 0.3 is 0 Å². The molecule has 3 heterocycles. The fraction of sp³-hybridized carbons (Fsp3) is 0.375. The van der Waals surface area contributed by atoms with Gasteiger partial charge in [-0.25, -0.2) is 8.78 Å². The maximum absolute atomic E-state index is 14.3. The highest BCUT2D eigenvalue weighted by atomic mass is 35.5. The van der Waals surface area contributed by atoms with Crippen LogP contribution in [0.4, 0.5) is 8.78 Å². The van der Waals surface area contributed by atoms with Gasteiger partial charge in [0.15, 0.2) is 11.6 Å². The van der Waals surface area contributed by atoms with Crippen molar-refractivity contribution in [3.05, 3.63) is 58.3 Å². The SMILES string of the molecule is CC(=O)c1nn(CC(=O)N2C[C@H](F)C[C@H]2C(=O)CCc2cccc(Cl)c2F)c2cnc(C)cc12. The molecule has 1 aliphatic rings. The number of likely N-dealkylation sites (tertiary alicyclic amines) is 1. The molecule has 0 saturated carbocycles. The van der Waals surface area contributed by atoms with Gasteiger partial charge < -0.3 is 4.90 Å². The number of rotatable bonds is 7. The minimum absolute atomic E-state index is 0.0347. The van der Waals surface area contributed by atoms with E-state index >= 15 is 0 Å². The summed E-state index contributed by atoms with van der Waals surface area (Å²) >= 11 is 5.79. The number of carbonyl (C=O) groups excluding carboxylic acids is 3. The third-order valence-electron chi connectivity index (χ3n) is 6.01. The second kappa shape index (κ2) is 9.58. The molecule has 0 radical (unpaired) electrons. The lowest BCUT2D eigenvalue weighted by atomic mass is 10.0. The van der Waals surface area contributed by atoms with E-state index in [2.05, 4.69) is 10.1 Å². The van der Waals surface area contributed by atoms with Crippen LogP contribution in [0.5, 0.6) is 0 Å². The number of benzene rings is 1. The van der Waals surface area contributed by atoms with Crippen molar-refractivity contribution >= 4 is 40.0 Å². The van der Waals surface area contributed by atoms with Crippen LogP contribution in [0.15, 0.2) is 30.5 Å². The molecular weight excluding hydrogens is 466 g/mol. The van der Waals surface area contributed by atoms with Gasteiger partial charge in [0.1, 0.15) is 24.2 Å². The molecule has 0 aliphatic carbocycles. The minimum Gasteiger partial charge on any atom is -0.328 e. The summed E-state index contributed by atoms with van der Waals surface area (Å²) in [4.78, 5) is 43.4. The molecule has 10 heteroatoms. The van der Waals surface area contributed by atoms with E-state index in [0.29, 0.717) is 16.6 Å². The number of halogens is 3. The lowest BCUT2D eigenvalue weighted by Crippen LogP contribution is -2.42. The largest absolute Gasteiger partial charge is 0.328 e. The molecule has 178 valence electrons. The second-order valence-electron chi connectivity index (χ2n) is 8.48. The van der Waals surface area contributed by atoms with Gasteiger partial charge in [0.2, 0.25) is 5.91 Å². The topological polar surface area (TPSA) is 85.2 Å². The fourth-order valence-electron chi connectivity index (χ4n) is 4.31. The van der Waals surface area contributed by atoms with Crippen LogP contribution in [0.25, 0.3) is 10.9 Å². The van der Waals surface area contributed by atoms with E-state index in [1.165, 1.54) is 34.8 Å². The maximum Gasteiger partial charge on any atom is 0.245 e. The Morgan fingerprint density at radius 1 is 1.26 bits per heavy atom. The van der Waals surface area contributed by atoms with Crippen LogP contribution in [0.3, 0.4) is 0 Å². The van der Waals surface area contributed by atoms with Crippen molar-refractivity contribution in [3.8, 4) is 0 Å². The van der Waals surface area contributed by atoms with Gasteiger partial charge in [-0.1, -0.05) is 23.7 Å². The molecule has 0 N–H and O–H groups in total. The highest BCUT2D eigenvalue weighted by Crippen LogP contribution is 2.26. The minimum atomic E-state index is -1.34. The predicted molar refractivity (Wildman–Crippen MR) is 122 cm³/mol. The fourth-order valence-corrected chi connectivity index (χ4v) is 4.50. The van der Waals surface area contributed by atoms with Crippen molar-refractivity contribution < 1.29 is 23.2 Å². The molecule has 1 saturated heterocycles. The van der Waals surface area contributed by atoms with Crippen molar-refractivity contribution in [1.82, 2.24) is 19.7 Å². The van der Waals surface area contributed by atoms with Crippen molar-refractivity contribution in [1.29, 1.82) is 0 Å². The molecule has 0 unspecified atom stereocenters. The number of ketones is 2. The maximum atomic E-state index is 14.3. The van der Waals surface area contributed by atoms with Crippen molar-refractivity contribution in [2.75, 3.05) is 6.54 Å². The van der Waals surface area contributed by atoms with Crippen molar-refractivity contribution in [2.45, 2.75) is 51.9 Å². The molecule has 1 aromatic carbocycles. The quantitative estimate of drug-likeness (QED) is 0.471. The molecule has 0 spiro atoms. The molecule has 4 rings (SSSR count). The lowest BCUT2D eigenvalue weighted by Gasteiger charge is -2.23. The summed E-state index contributed by atoms with van der Waals surface area (Å²) in [5.74, 6) is -1.68. The zero-order chi connectivity index (χ0) is 24.6. The Hall–Kier alpha value is -3.20. The number of pyridine rings is 1. The number of carbonyl (C=O) groups is 3. The first-order chi connectivity index (χ1) is 16.2. The van der Waals surface area contributed by atoms with Crippen LogP contribution < -0.4 is 0 Å². The van der Waals surface area contributed by atoms with E-state index in [1.54, 1.807) is 19.1 Å². The molecule has 2 aromatic heterocycles. The number of amides is 1.